The summed E-state index contributed by atoms with van der Waals surface area (Å²) in [6.45, 7) is 12.1. The number of rotatable bonds is 6. The smallest absolute Gasteiger partial charge is 0.133 e. The molecule has 0 amide bonds. The van der Waals surface area contributed by atoms with Gasteiger partial charge in [-0.05, 0) is 55.6 Å². The molecule has 2 rings (SSSR count). The third-order valence-corrected chi connectivity index (χ3v) is 3.74. The normalized spacial score (nSPS) is 15.2. The Bertz CT molecular complexity index is 475. The second-order valence-corrected chi connectivity index (χ2v) is 7.33. The molecule has 1 saturated carbocycles. The molecule has 0 radical (unpaired) electrons. The van der Waals surface area contributed by atoms with E-state index < -0.39 is 0 Å². The van der Waals surface area contributed by atoms with E-state index in [0.29, 0.717) is 6.04 Å². The van der Waals surface area contributed by atoms with E-state index >= 15 is 0 Å². The van der Waals surface area contributed by atoms with Crippen LogP contribution in [0.4, 0.5) is 5.82 Å². The van der Waals surface area contributed by atoms with E-state index in [1.165, 1.54) is 18.4 Å². The minimum absolute atomic E-state index is 0.0996. The van der Waals surface area contributed by atoms with Gasteiger partial charge in [0.1, 0.15) is 5.82 Å². The Morgan fingerprint density at radius 1 is 1.50 bits per heavy atom. The summed E-state index contributed by atoms with van der Waals surface area (Å²) in [6, 6.07) is 2.80. The fourth-order valence-electron chi connectivity index (χ4n) is 2.16. The maximum absolute atomic E-state index is 4.65. The summed E-state index contributed by atoms with van der Waals surface area (Å²) in [7, 11) is 0. The van der Waals surface area contributed by atoms with Crippen molar-refractivity contribution in [3.05, 3.63) is 35.0 Å². The first kappa shape index (κ1) is 15.5. The van der Waals surface area contributed by atoms with Crippen molar-refractivity contribution in [2.75, 3.05) is 11.4 Å². The van der Waals surface area contributed by atoms with Gasteiger partial charge >= 0.3 is 0 Å². The second-order valence-electron chi connectivity index (χ2n) is 6.41. The summed E-state index contributed by atoms with van der Waals surface area (Å²) in [4.78, 5) is 7.02. The first-order valence-electron chi connectivity index (χ1n) is 7.17. The molecule has 0 spiro atoms. The van der Waals surface area contributed by atoms with Gasteiger partial charge in [-0.1, -0.05) is 6.08 Å². The first-order chi connectivity index (χ1) is 9.40. The van der Waals surface area contributed by atoms with Crippen LogP contribution in [-0.4, -0.2) is 23.1 Å². The van der Waals surface area contributed by atoms with Gasteiger partial charge in [0, 0.05) is 40.9 Å². The maximum atomic E-state index is 4.65. The summed E-state index contributed by atoms with van der Waals surface area (Å²) in [5.74, 6) is 1.09. The highest BCUT2D eigenvalue weighted by Crippen LogP contribution is 2.33. The van der Waals surface area contributed by atoms with Crippen LogP contribution in [0, 0.1) is 0 Å². The van der Waals surface area contributed by atoms with E-state index in [9.17, 15) is 0 Å². The SMILES string of the molecule is C=CCN(c1ncc(Br)cc1CNC(C)(C)C)C1CC1. The molecule has 3 nitrogen and oxygen atoms in total. The Morgan fingerprint density at radius 3 is 2.75 bits per heavy atom. The van der Waals surface area contributed by atoms with Gasteiger partial charge in [0.25, 0.3) is 0 Å². The lowest BCUT2D eigenvalue weighted by molar-refractivity contribution is 0.424. The zero-order valence-corrected chi connectivity index (χ0v) is 14.2. The van der Waals surface area contributed by atoms with Gasteiger partial charge in [0.2, 0.25) is 0 Å². The van der Waals surface area contributed by atoms with Crippen LogP contribution in [-0.2, 0) is 6.54 Å². The summed E-state index contributed by atoms with van der Waals surface area (Å²) < 4.78 is 1.03. The van der Waals surface area contributed by atoms with E-state index in [0.717, 1.165) is 23.4 Å². The molecule has 0 saturated heterocycles. The largest absolute Gasteiger partial charge is 0.350 e. The van der Waals surface area contributed by atoms with Gasteiger partial charge in [-0.3, -0.25) is 0 Å². The lowest BCUT2D eigenvalue weighted by Crippen LogP contribution is -2.36. The molecule has 1 heterocycles. The topological polar surface area (TPSA) is 28.2 Å². The van der Waals surface area contributed by atoms with Crippen LogP contribution in [0.25, 0.3) is 0 Å². The van der Waals surface area contributed by atoms with Gasteiger partial charge in [-0.2, -0.15) is 0 Å². The molecule has 4 heteroatoms. The molecule has 0 atom stereocenters. The lowest BCUT2D eigenvalue weighted by Gasteiger charge is -2.27. The lowest BCUT2D eigenvalue weighted by atomic mass is 10.1. The number of hydrogen-bond acceptors (Lipinski definition) is 3. The van der Waals surface area contributed by atoms with E-state index in [2.05, 4.69) is 64.5 Å². The van der Waals surface area contributed by atoms with Crippen LogP contribution in [0.5, 0.6) is 0 Å². The number of anilines is 1. The summed E-state index contributed by atoms with van der Waals surface area (Å²) in [5.41, 5.74) is 1.34. The molecule has 1 aliphatic rings. The highest BCUT2D eigenvalue weighted by atomic mass is 79.9. The molecule has 1 aromatic rings. The number of hydrogen-bond donors (Lipinski definition) is 1. The number of pyridine rings is 1. The highest BCUT2D eigenvalue weighted by molar-refractivity contribution is 9.10. The van der Waals surface area contributed by atoms with Crippen molar-refractivity contribution in [3.8, 4) is 0 Å². The monoisotopic (exact) mass is 337 g/mol. The fraction of sp³-hybridized carbons (Fsp3) is 0.562. The van der Waals surface area contributed by atoms with Crippen molar-refractivity contribution in [1.29, 1.82) is 0 Å². The summed E-state index contributed by atoms with van der Waals surface area (Å²) in [5, 5.41) is 3.55. The molecule has 1 N–H and O–H groups in total. The minimum Gasteiger partial charge on any atom is -0.350 e. The Hall–Kier alpha value is -0.870. The van der Waals surface area contributed by atoms with Crippen LogP contribution >= 0.6 is 15.9 Å². The van der Waals surface area contributed by atoms with Gasteiger partial charge in [-0.15, -0.1) is 6.58 Å². The minimum atomic E-state index is 0.0996. The van der Waals surface area contributed by atoms with E-state index in [4.69, 9.17) is 0 Å². The molecule has 1 fully saturated rings. The van der Waals surface area contributed by atoms with E-state index in [-0.39, 0.29) is 5.54 Å². The van der Waals surface area contributed by atoms with Gasteiger partial charge in [0.05, 0.1) is 0 Å². The number of aromatic nitrogens is 1. The van der Waals surface area contributed by atoms with Gasteiger partial charge < -0.3 is 10.2 Å². The number of halogens is 1. The van der Waals surface area contributed by atoms with E-state index in [1.807, 2.05) is 12.3 Å². The zero-order valence-electron chi connectivity index (χ0n) is 12.6. The van der Waals surface area contributed by atoms with Crippen molar-refractivity contribution >= 4 is 21.7 Å². The van der Waals surface area contributed by atoms with Gasteiger partial charge in [0.15, 0.2) is 0 Å². The van der Waals surface area contributed by atoms with Crippen LogP contribution in [0.15, 0.2) is 29.4 Å². The van der Waals surface area contributed by atoms with Crippen molar-refractivity contribution in [2.24, 2.45) is 0 Å². The molecule has 0 unspecified atom stereocenters. The molecule has 0 bridgehead atoms. The Kier molecular flexibility index (Phi) is 4.86. The molecule has 110 valence electrons. The summed E-state index contributed by atoms with van der Waals surface area (Å²) >= 11 is 3.53. The van der Waals surface area contributed by atoms with Crippen molar-refractivity contribution < 1.29 is 0 Å². The van der Waals surface area contributed by atoms with Crippen LogP contribution in [0.3, 0.4) is 0 Å². The molecular weight excluding hydrogens is 314 g/mol. The van der Waals surface area contributed by atoms with Crippen molar-refractivity contribution in [3.63, 3.8) is 0 Å². The maximum Gasteiger partial charge on any atom is 0.133 e. The average Bonchev–Trinajstić information content (AvgIpc) is 3.17. The van der Waals surface area contributed by atoms with Crippen LogP contribution in [0.2, 0.25) is 0 Å². The number of nitrogens with one attached hydrogen (secondary N) is 1. The number of nitrogens with zero attached hydrogens (tertiary/aromatic N) is 2. The molecular formula is C16H24BrN3. The zero-order chi connectivity index (χ0) is 14.8. The first-order valence-corrected chi connectivity index (χ1v) is 7.97. The molecule has 20 heavy (non-hydrogen) atoms. The average molecular weight is 338 g/mol. The van der Waals surface area contributed by atoms with Crippen molar-refractivity contribution in [1.82, 2.24) is 10.3 Å². The predicted molar refractivity (Wildman–Crippen MR) is 89.1 cm³/mol. The Morgan fingerprint density at radius 2 is 2.20 bits per heavy atom. The van der Waals surface area contributed by atoms with Gasteiger partial charge in [-0.25, -0.2) is 4.98 Å². The summed E-state index contributed by atoms with van der Waals surface area (Å²) in [6.07, 6.45) is 6.37. The third kappa shape index (κ3) is 4.32. The van der Waals surface area contributed by atoms with Crippen molar-refractivity contribution in [2.45, 2.75) is 51.7 Å². The van der Waals surface area contributed by atoms with E-state index in [1.54, 1.807) is 0 Å². The van der Waals surface area contributed by atoms with Crippen LogP contribution < -0.4 is 10.2 Å². The van der Waals surface area contributed by atoms with Crippen LogP contribution in [0.1, 0.15) is 39.2 Å². The Labute approximate surface area is 130 Å². The Balaban J connectivity index is 2.24. The molecule has 0 aromatic carbocycles. The molecule has 1 aliphatic carbocycles. The molecule has 0 aliphatic heterocycles. The molecule has 1 aromatic heterocycles. The predicted octanol–water partition coefficient (Wildman–Crippen LogP) is 3.89. The highest BCUT2D eigenvalue weighted by Gasteiger charge is 2.30. The third-order valence-electron chi connectivity index (χ3n) is 3.30. The second kappa shape index (κ2) is 6.27. The standard InChI is InChI=1S/C16H24BrN3/c1-5-8-20(14-6-7-14)15-12(9-13(17)11-18-15)10-19-16(2,3)4/h5,9,11,14,19H,1,6-8,10H2,2-4H3. The quantitative estimate of drug-likeness (QED) is 0.798. The fourth-order valence-corrected chi connectivity index (χ4v) is 2.54.